The van der Waals surface area contributed by atoms with Crippen LogP contribution in [0.3, 0.4) is 0 Å². The topological polar surface area (TPSA) is 66.8 Å². The molecule has 0 radical (unpaired) electrons. The van der Waals surface area contributed by atoms with Gasteiger partial charge in [0, 0.05) is 18.7 Å². The Morgan fingerprint density at radius 2 is 2.28 bits per heavy atom. The van der Waals surface area contributed by atoms with E-state index in [1.54, 1.807) is 12.1 Å². The number of phenolic OH excluding ortho intramolecular Hbond substituents is 1. The number of rotatable bonds is 2. The molecule has 1 aliphatic rings. The van der Waals surface area contributed by atoms with Crippen molar-refractivity contribution in [1.82, 2.24) is 0 Å². The molecule has 1 aromatic rings. The number of amides is 1. The Balaban J connectivity index is 2.21. The summed E-state index contributed by atoms with van der Waals surface area (Å²) in [4.78, 5) is 24.8. The number of carbonyl (C=O) groups excluding carboxylic acids is 2. The Morgan fingerprint density at radius 3 is 2.89 bits per heavy atom. The van der Waals surface area contributed by atoms with Crippen LogP contribution in [0.2, 0.25) is 0 Å². The van der Waals surface area contributed by atoms with E-state index in [1.807, 2.05) is 0 Å². The van der Waals surface area contributed by atoms with Crippen LogP contribution in [0.25, 0.3) is 0 Å². The van der Waals surface area contributed by atoms with Crippen LogP contribution in [-0.4, -0.2) is 30.6 Å². The van der Waals surface area contributed by atoms with E-state index in [1.165, 1.54) is 18.1 Å². The Hall–Kier alpha value is -1.56. The minimum Gasteiger partial charge on any atom is -0.507 e. The molecular formula is C12H12BrNO4. The molecule has 1 aliphatic heterocycles. The first-order chi connectivity index (χ1) is 8.52. The molecule has 0 bridgehead atoms. The van der Waals surface area contributed by atoms with Crippen molar-refractivity contribution >= 4 is 33.5 Å². The fourth-order valence-corrected chi connectivity index (χ4v) is 2.31. The molecule has 1 heterocycles. The SMILES string of the molecule is COC(=O)C1CC(=O)N(c2ccc(O)c(Br)c2)C1. The van der Waals surface area contributed by atoms with Gasteiger partial charge in [-0.2, -0.15) is 0 Å². The monoisotopic (exact) mass is 313 g/mol. The number of methoxy groups -OCH3 is 1. The van der Waals surface area contributed by atoms with E-state index in [2.05, 4.69) is 20.7 Å². The molecule has 0 saturated carbocycles. The molecule has 1 saturated heterocycles. The molecule has 1 amide bonds. The Bertz CT molecular complexity index is 503. The van der Waals surface area contributed by atoms with E-state index >= 15 is 0 Å². The molecule has 1 aromatic carbocycles. The van der Waals surface area contributed by atoms with Crippen molar-refractivity contribution < 1.29 is 19.4 Å². The van der Waals surface area contributed by atoms with Crippen LogP contribution >= 0.6 is 15.9 Å². The van der Waals surface area contributed by atoms with Crippen LogP contribution in [-0.2, 0) is 14.3 Å². The minimum absolute atomic E-state index is 0.106. The number of phenols is 1. The van der Waals surface area contributed by atoms with Crippen LogP contribution in [0.15, 0.2) is 22.7 Å². The summed E-state index contributed by atoms with van der Waals surface area (Å²) in [6, 6.07) is 4.78. The zero-order valence-corrected chi connectivity index (χ0v) is 11.3. The quantitative estimate of drug-likeness (QED) is 0.844. The van der Waals surface area contributed by atoms with Crippen LogP contribution in [0.5, 0.6) is 5.75 Å². The number of hydrogen-bond donors (Lipinski definition) is 1. The maximum Gasteiger partial charge on any atom is 0.311 e. The number of benzene rings is 1. The third-order valence-electron chi connectivity index (χ3n) is 2.90. The van der Waals surface area contributed by atoms with Gasteiger partial charge in [0.1, 0.15) is 5.75 Å². The predicted molar refractivity (Wildman–Crippen MR) is 68.3 cm³/mol. The standard InChI is InChI=1S/C12H12BrNO4/c1-18-12(17)7-4-11(16)14(6-7)8-2-3-10(15)9(13)5-8/h2-3,5,7,15H,4,6H2,1H3. The molecular weight excluding hydrogens is 302 g/mol. The lowest BCUT2D eigenvalue weighted by molar-refractivity contribution is -0.145. The van der Waals surface area contributed by atoms with Crippen LogP contribution in [0.1, 0.15) is 6.42 Å². The lowest BCUT2D eigenvalue weighted by atomic mass is 10.1. The highest BCUT2D eigenvalue weighted by Gasteiger charge is 2.35. The third kappa shape index (κ3) is 2.33. The zero-order valence-electron chi connectivity index (χ0n) is 9.72. The number of nitrogens with zero attached hydrogens (tertiary/aromatic N) is 1. The number of carbonyl (C=O) groups is 2. The number of esters is 1. The molecule has 1 N–H and O–H groups in total. The molecule has 1 fully saturated rings. The van der Waals surface area contributed by atoms with Gasteiger partial charge in [-0.15, -0.1) is 0 Å². The second-order valence-electron chi connectivity index (χ2n) is 4.06. The van der Waals surface area contributed by atoms with Crippen molar-refractivity contribution in [3.8, 4) is 5.75 Å². The van der Waals surface area contributed by atoms with Crippen molar-refractivity contribution in [3.05, 3.63) is 22.7 Å². The first-order valence-corrected chi connectivity index (χ1v) is 6.19. The van der Waals surface area contributed by atoms with Crippen LogP contribution < -0.4 is 4.90 Å². The van der Waals surface area contributed by atoms with E-state index in [0.29, 0.717) is 16.7 Å². The molecule has 18 heavy (non-hydrogen) atoms. The number of halogens is 1. The summed E-state index contributed by atoms with van der Waals surface area (Å²) in [5.41, 5.74) is 0.649. The molecule has 0 aromatic heterocycles. The summed E-state index contributed by atoms with van der Waals surface area (Å²) in [5.74, 6) is -0.809. The highest BCUT2D eigenvalue weighted by Crippen LogP contribution is 2.32. The first kappa shape index (κ1) is 12.9. The second kappa shape index (κ2) is 4.97. The molecule has 1 atom stereocenters. The van der Waals surface area contributed by atoms with Gasteiger partial charge in [0.05, 0.1) is 17.5 Å². The minimum atomic E-state index is -0.421. The number of ether oxygens (including phenoxy) is 1. The van der Waals surface area contributed by atoms with Gasteiger partial charge in [0.25, 0.3) is 0 Å². The maximum atomic E-state index is 11.8. The molecule has 0 aliphatic carbocycles. The number of hydrogen-bond acceptors (Lipinski definition) is 4. The summed E-state index contributed by atoms with van der Waals surface area (Å²) < 4.78 is 5.15. The highest BCUT2D eigenvalue weighted by atomic mass is 79.9. The molecule has 6 heteroatoms. The third-order valence-corrected chi connectivity index (χ3v) is 3.54. The average Bonchev–Trinajstić information content (AvgIpc) is 2.74. The molecule has 0 spiro atoms. The normalized spacial score (nSPS) is 19.1. The van der Waals surface area contributed by atoms with E-state index in [-0.39, 0.29) is 24.0 Å². The molecule has 1 unspecified atom stereocenters. The fraction of sp³-hybridized carbons (Fsp3) is 0.333. The maximum absolute atomic E-state index is 11.8. The van der Waals surface area contributed by atoms with Gasteiger partial charge in [-0.05, 0) is 34.1 Å². The van der Waals surface area contributed by atoms with Gasteiger partial charge in [-0.25, -0.2) is 0 Å². The molecule has 5 nitrogen and oxygen atoms in total. The second-order valence-corrected chi connectivity index (χ2v) is 4.92. The fourth-order valence-electron chi connectivity index (χ4n) is 1.95. The van der Waals surface area contributed by atoms with Crippen LogP contribution in [0, 0.1) is 5.92 Å². The van der Waals surface area contributed by atoms with Crippen molar-refractivity contribution in [1.29, 1.82) is 0 Å². The van der Waals surface area contributed by atoms with Crippen molar-refractivity contribution in [2.75, 3.05) is 18.6 Å². The predicted octanol–water partition coefficient (Wildman–Crippen LogP) is 1.68. The Kier molecular flexibility index (Phi) is 3.56. The van der Waals surface area contributed by atoms with E-state index in [0.717, 1.165) is 0 Å². The van der Waals surface area contributed by atoms with Gasteiger partial charge < -0.3 is 14.7 Å². The number of anilines is 1. The molecule has 96 valence electrons. The van der Waals surface area contributed by atoms with Gasteiger partial charge in [-0.1, -0.05) is 0 Å². The first-order valence-electron chi connectivity index (χ1n) is 5.39. The number of aromatic hydroxyl groups is 1. The summed E-state index contributed by atoms with van der Waals surface area (Å²) in [5, 5.41) is 9.41. The zero-order chi connectivity index (χ0) is 13.3. The van der Waals surface area contributed by atoms with Crippen LogP contribution in [0.4, 0.5) is 5.69 Å². The lowest BCUT2D eigenvalue weighted by Gasteiger charge is -2.16. The van der Waals surface area contributed by atoms with E-state index in [9.17, 15) is 14.7 Å². The Labute approximate surface area is 112 Å². The van der Waals surface area contributed by atoms with Crippen molar-refractivity contribution in [2.45, 2.75) is 6.42 Å². The summed E-state index contributed by atoms with van der Waals surface area (Å²) in [6.45, 7) is 0.308. The summed E-state index contributed by atoms with van der Waals surface area (Å²) >= 11 is 3.19. The van der Waals surface area contributed by atoms with Gasteiger partial charge in [-0.3, -0.25) is 9.59 Å². The van der Waals surface area contributed by atoms with Crippen molar-refractivity contribution in [2.24, 2.45) is 5.92 Å². The smallest absolute Gasteiger partial charge is 0.311 e. The lowest BCUT2D eigenvalue weighted by Crippen LogP contribution is -2.26. The largest absolute Gasteiger partial charge is 0.507 e. The van der Waals surface area contributed by atoms with Gasteiger partial charge >= 0.3 is 5.97 Å². The van der Waals surface area contributed by atoms with Gasteiger partial charge in [0.2, 0.25) is 5.91 Å². The summed E-state index contributed by atoms with van der Waals surface area (Å²) in [6.07, 6.45) is 0.158. The van der Waals surface area contributed by atoms with Crippen molar-refractivity contribution in [3.63, 3.8) is 0 Å². The highest BCUT2D eigenvalue weighted by molar-refractivity contribution is 9.10. The van der Waals surface area contributed by atoms with E-state index < -0.39 is 5.92 Å². The van der Waals surface area contributed by atoms with E-state index in [4.69, 9.17) is 0 Å². The molecule has 2 rings (SSSR count). The van der Waals surface area contributed by atoms with Gasteiger partial charge in [0.15, 0.2) is 0 Å². The average molecular weight is 314 g/mol. The Morgan fingerprint density at radius 1 is 1.56 bits per heavy atom. The summed E-state index contributed by atoms with van der Waals surface area (Å²) in [7, 11) is 1.31.